The third-order valence-electron chi connectivity index (χ3n) is 2.61. The molecule has 2 rings (SSSR count). The summed E-state index contributed by atoms with van der Waals surface area (Å²) in [4.78, 5) is 33.5. The molecule has 0 atom stereocenters. The van der Waals surface area contributed by atoms with Crippen molar-refractivity contribution in [3.8, 4) is 0 Å². The molecule has 0 saturated heterocycles. The van der Waals surface area contributed by atoms with Gasteiger partial charge in [-0.3, -0.25) is 14.9 Å². The predicted octanol–water partition coefficient (Wildman–Crippen LogP) is 1.62. The Balaban J connectivity index is 1.95. The quantitative estimate of drug-likeness (QED) is 0.490. The maximum Gasteiger partial charge on any atom is 0.377 e. The van der Waals surface area contributed by atoms with E-state index in [-0.39, 0.29) is 28.8 Å². The number of hydrogen-bond donors (Lipinski definition) is 1. The number of benzene rings is 1. The van der Waals surface area contributed by atoms with Gasteiger partial charge in [0.25, 0.3) is 11.6 Å². The van der Waals surface area contributed by atoms with Gasteiger partial charge in [-0.1, -0.05) is 11.6 Å². The molecule has 0 fully saturated rings. The number of ether oxygens (including phenoxy) is 3. The van der Waals surface area contributed by atoms with Gasteiger partial charge in [-0.15, -0.1) is 0 Å². The normalized spacial score (nSPS) is 13.2. The van der Waals surface area contributed by atoms with Crippen LogP contribution in [0.5, 0.6) is 0 Å². The van der Waals surface area contributed by atoms with Crippen molar-refractivity contribution in [2.75, 3.05) is 25.1 Å². The molecule has 1 heterocycles. The summed E-state index contributed by atoms with van der Waals surface area (Å²) >= 11 is 5.74. The van der Waals surface area contributed by atoms with Crippen LogP contribution < -0.4 is 5.32 Å². The predicted molar refractivity (Wildman–Crippen MR) is 77.7 cm³/mol. The molecule has 10 heteroatoms. The maximum atomic E-state index is 11.7. The zero-order chi connectivity index (χ0) is 16.8. The summed E-state index contributed by atoms with van der Waals surface area (Å²) in [5, 5.41) is 13.3. The summed E-state index contributed by atoms with van der Waals surface area (Å²) in [6.07, 6.45) is 1.09. The summed E-state index contributed by atoms with van der Waals surface area (Å²) < 4.78 is 14.6. The molecule has 0 unspecified atom stereocenters. The molecule has 1 aromatic carbocycles. The summed E-state index contributed by atoms with van der Waals surface area (Å²) in [7, 11) is 0. The minimum Gasteiger partial charge on any atom is -0.493 e. The number of rotatable bonds is 5. The Morgan fingerprint density at radius 1 is 1.39 bits per heavy atom. The van der Waals surface area contributed by atoms with Gasteiger partial charge in [0.15, 0.2) is 6.61 Å². The molecule has 0 bridgehead atoms. The number of amides is 1. The first-order valence-corrected chi connectivity index (χ1v) is 6.70. The number of carbonyl (C=O) groups is 2. The second kappa shape index (κ2) is 7.45. The van der Waals surface area contributed by atoms with Gasteiger partial charge >= 0.3 is 5.97 Å². The number of hydrogen-bond acceptors (Lipinski definition) is 7. The lowest BCUT2D eigenvalue weighted by Gasteiger charge is -2.14. The molecule has 122 valence electrons. The molecule has 1 aliphatic rings. The first-order valence-electron chi connectivity index (χ1n) is 6.33. The molecule has 0 saturated carbocycles. The van der Waals surface area contributed by atoms with E-state index in [0.29, 0.717) is 6.61 Å². The second-order valence-electron chi connectivity index (χ2n) is 4.24. The van der Waals surface area contributed by atoms with Gasteiger partial charge in [0, 0.05) is 11.1 Å². The SMILES string of the molecule is O=C(COC(=O)C1=COCCO1)Nc1cc(Cl)ccc1[N+](=O)[O-]. The maximum absolute atomic E-state index is 11.7. The largest absolute Gasteiger partial charge is 0.493 e. The highest BCUT2D eigenvalue weighted by Gasteiger charge is 2.20. The van der Waals surface area contributed by atoms with Crippen molar-refractivity contribution in [2.24, 2.45) is 0 Å². The Morgan fingerprint density at radius 3 is 2.83 bits per heavy atom. The first kappa shape index (κ1) is 16.6. The van der Waals surface area contributed by atoms with Gasteiger partial charge in [-0.25, -0.2) is 4.79 Å². The van der Waals surface area contributed by atoms with Crippen LogP contribution in [-0.2, 0) is 23.8 Å². The van der Waals surface area contributed by atoms with Crippen molar-refractivity contribution in [1.82, 2.24) is 0 Å². The number of anilines is 1. The van der Waals surface area contributed by atoms with Crippen molar-refractivity contribution >= 4 is 34.9 Å². The number of nitrogens with one attached hydrogen (secondary N) is 1. The van der Waals surface area contributed by atoms with Crippen molar-refractivity contribution in [3.05, 3.63) is 45.4 Å². The molecule has 1 aliphatic heterocycles. The Kier molecular flexibility index (Phi) is 5.36. The van der Waals surface area contributed by atoms with E-state index in [9.17, 15) is 19.7 Å². The number of nitro benzene ring substituents is 1. The molecule has 23 heavy (non-hydrogen) atoms. The van der Waals surface area contributed by atoms with Crippen molar-refractivity contribution in [1.29, 1.82) is 0 Å². The highest BCUT2D eigenvalue weighted by molar-refractivity contribution is 6.31. The molecular formula is C13H11ClN2O7. The van der Waals surface area contributed by atoms with Crippen molar-refractivity contribution in [2.45, 2.75) is 0 Å². The fourth-order valence-corrected chi connectivity index (χ4v) is 1.80. The fourth-order valence-electron chi connectivity index (χ4n) is 1.63. The Labute approximate surface area is 134 Å². The number of nitro groups is 1. The van der Waals surface area contributed by atoms with E-state index in [1.165, 1.54) is 12.1 Å². The van der Waals surface area contributed by atoms with Crippen LogP contribution in [0.3, 0.4) is 0 Å². The third kappa shape index (κ3) is 4.58. The Morgan fingerprint density at radius 2 is 2.17 bits per heavy atom. The topological polar surface area (TPSA) is 117 Å². The Bertz CT molecular complexity index is 674. The van der Waals surface area contributed by atoms with Crippen LogP contribution in [0.2, 0.25) is 5.02 Å². The minimum atomic E-state index is -0.875. The number of carbonyl (C=O) groups excluding carboxylic acids is 2. The average molecular weight is 343 g/mol. The lowest BCUT2D eigenvalue weighted by Crippen LogP contribution is -2.24. The van der Waals surface area contributed by atoms with Gasteiger partial charge in [0.2, 0.25) is 5.76 Å². The van der Waals surface area contributed by atoms with E-state index in [4.69, 9.17) is 25.8 Å². The number of esters is 1. The first-order chi connectivity index (χ1) is 11.0. The molecule has 0 spiro atoms. The third-order valence-corrected chi connectivity index (χ3v) is 2.85. The summed E-state index contributed by atoms with van der Waals surface area (Å²) in [5.41, 5.74) is -0.430. The van der Waals surface area contributed by atoms with Crippen LogP contribution in [0.25, 0.3) is 0 Å². The zero-order valence-corrected chi connectivity index (χ0v) is 12.4. The number of nitrogens with zero attached hydrogens (tertiary/aromatic N) is 1. The van der Waals surface area contributed by atoms with Crippen LogP contribution >= 0.6 is 11.6 Å². The molecule has 0 aliphatic carbocycles. The molecule has 0 radical (unpaired) electrons. The average Bonchev–Trinajstić information content (AvgIpc) is 2.53. The van der Waals surface area contributed by atoms with E-state index >= 15 is 0 Å². The lowest BCUT2D eigenvalue weighted by atomic mass is 10.2. The van der Waals surface area contributed by atoms with Crippen molar-refractivity contribution < 1.29 is 28.7 Å². The molecular weight excluding hydrogens is 332 g/mol. The second-order valence-corrected chi connectivity index (χ2v) is 4.68. The molecule has 1 N–H and O–H groups in total. The highest BCUT2D eigenvalue weighted by Crippen LogP contribution is 2.27. The molecule has 1 aromatic rings. The summed E-state index contributed by atoms with van der Waals surface area (Å²) in [6.45, 7) is -0.138. The molecule has 0 aromatic heterocycles. The highest BCUT2D eigenvalue weighted by atomic mass is 35.5. The molecule has 9 nitrogen and oxygen atoms in total. The van der Waals surface area contributed by atoms with E-state index in [2.05, 4.69) is 5.32 Å². The van der Waals surface area contributed by atoms with Gasteiger partial charge in [0.05, 0.1) is 4.92 Å². The van der Waals surface area contributed by atoms with E-state index in [0.717, 1.165) is 12.3 Å². The van der Waals surface area contributed by atoms with Gasteiger partial charge < -0.3 is 19.5 Å². The summed E-state index contributed by atoms with van der Waals surface area (Å²) in [5.74, 6) is -1.79. The minimum absolute atomic E-state index is 0.0972. The van der Waals surface area contributed by atoms with Gasteiger partial charge in [-0.05, 0) is 12.1 Å². The van der Waals surface area contributed by atoms with Crippen LogP contribution in [-0.4, -0.2) is 36.6 Å². The van der Waals surface area contributed by atoms with E-state index < -0.39 is 23.4 Å². The van der Waals surface area contributed by atoms with Crippen LogP contribution in [0, 0.1) is 10.1 Å². The number of halogens is 1. The van der Waals surface area contributed by atoms with Crippen molar-refractivity contribution in [3.63, 3.8) is 0 Å². The van der Waals surface area contributed by atoms with Gasteiger partial charge in [0.1, 0.15) is 25.2 Å². The smallest absolute Gasteiger partial charge is 0.377 e. The lowest BCUT2D eigenvalue weighted by molar-refractivity contribution is -0.383. The van der Waals surface area contributed by atoms with Crippen LogP contribution in [0.1, 0.15) is 0 Å². The molecule has 1 amide bonds. The van der Waals surface area contributed by atoms with E-state index in [1.807, 2.05) is 0 Å². The summed E-state index contributed by atoms with van der Waals surface area (Å²) in [6, 6.07) is 3.70. The van der Waals surface area contributed by atoms with Gasteiger partial charge in [-0.2, -0.15) is 0 Å². The fraction of sp³-hybridized carbons (Fsp3) is 0.231. The van der Waals surface area contributed by atoms with Crippen LogP contribution in [0.15, 0.2) is 30.2 Å². The van der Waals surface area contributed by atoms with E-state index in [1.54, 1.807) is 0 Å². The Hall–Kier alpha value is -2.81. The van der Waals surface area contributed by atoms with Crippen LogP contribution in [0.4, 0.5) is 11.4 Å². The zero-order valence-electron chi connectivity index (χ0n) is 11.6. The monoisotopic (exact) mass is 342 g/mol. The standard InChI is InChI=1S/C13H11ClN2O7/c14-8-1-2-10(16(19)20)9(5-8)15-12(17)7-23-13(18)11-6-21-3-4-22-11/h1-2,5-6H,3-4,7H2,(H,15,17).